The lowest BCUT2D eigenvalue weighted by Crippen LogP contribution is -2.21. The highest BCUT2D eigenvalue weighted by atomic mass is 15.3. The minimum absolute atomic E-state index is 0.0920. The molecule has 5 heteroatoms. The maximum absolute atomic E-state index is 5.54. The smallest absolute Gasteiger partial charge is 0.138 e. The lowest BCUT2D eigenvalue weighted by atomic mass is 9.95. The summed E-state index contributed by atoms with van der Waals surface area (Å²) < 4.78 is 2.35. The number of nitrogens with zero attached hydrogens (tertiary/aromatic N) is 4. The Morgan fingerprint density at radius 2 is 1.33 bits per heavy atom. The first-order valence-electron chi connectivity index (χ1n) is 17.1. The van der Waals surface area contributed by atoms with E-state index in [0.717, 1.165) is 28.2 Å². The van der Waals surface area contributed by atoms with Gasteiger partial charge in [0.25, 0.3) is 0 Å². The summed E-state index contributed by atoms with van der Waals surface area (Å²) in [6, 6.07) is 53.0. The van der Waals surface area contributed by atoms with Crippen molar-refractivity contribution in [3.8, 4) is 16.8 Å². The van der Waals surface area contributed by atoms with E-state index in [1.165, 1.54) is 44.2 Å². The Kier molecular flexibility index (Phi) is 8.44. The SMILES string of the molecule is C=C1/C=C\C=C/N(C2=NC2c2ccccc2)c2ccc(-c3ccc4c(c3)c3ccccc3n4-c3ccccc3)cc21.CN=C(N)c1ccccc1. The van der Waals surface area contributed by atoms with Crippen molar-refractivity contribution in [3.63, 3.8) is 0 Å². The summed E-state index contributed by atoms with van der Waals surface area (Å²) in [6.07, 6.45) is 8.29. The molecular formula is C46H37N5. The Labute approximate surface area is 298 Å². The average Bonchev–Trinajstić information content (AvgIpc) is 3.92. The lowest BCUT2D eigenvalue weighted by Gasteiger charge is -2.23. The number of fused-ring (bicyclic) bond motifs is 4. The van der Waals surface area contributed by atoms with Crippen LogP contribution in [-0.4, -0.2) is 23.3 Å². The number of hydrogen-bond acceptors (Lipinski definition) is 3. The van der Waals surface area contributed by atoms with E-state index in [2.05, 4.69) is 161 Å². The van der Waals surface area contributed by atoms with Crippen molar-refractivity contribution < 1.29 is 0 Å². The molecular weight excluding hydrogens is 623 g/mol. The molecule has 0 radical (unpaired) electrons. The molecule has 6 aromatic carbocycles. The predicted octanol–water partition coefficient (Wildman–Crippen LogP) is 10.5. The lowest BCUT2D eigenvalue weighted by molar-refractivity contribution is 1.12. The molecule has 0 saturated carbocycles. The topological polar surface area (TPSA) is 58.9 Å². The van der Waals surface area contributed by atoms with Gasteiger partial charge in [0, 0.05) is 40.8 Å². The van der Waals surface area contributed by atoms with Crippen LogP contribution < -0.4 is 10.6 Å². The number of amidine groups is 2. The van der Waals surface area contributed by atoms with E-state index >= 15 is 0 Å². The molecule has 246 valence electrons. The summed E-state index contributed by atoms with van der Waals surface area (Å²) in [5, 5.41) is 2.50. The molecule has 2 N–H and O–H groups in total. The summed E-state index contributed by atoms with van der Waals surface area (Å²) >= 11 is 0. The molecule has 1 unspecified atom stereocenters. The summed E-state index contributed by atoms with van der Waals surface area (Å²) in [5.74, 6) is 1.64. The normalized spacial score (nSPS) is 16.4. The van der Waals surface area contributed by atoms with E-state index in [-0.39, 0.29) is 6.04 Å². The van der Waals surface area contributed by atoms with Crippen LogP contribution in [0.15, 0.2) is 193 Å². The fourth-order valence-corrected chi connectivity index (χ4v) is 6.75. The van der Waals surface area contributed by atoms with Crippen LogP contribution in [-0.2, 0) is 0 Å². The van der Waals surface area contributed by atoms with E-state index < -0.39 is 0 Å². The van der Waals surface area contributed by atoms with Gasteiger partial charge in [-0.2, -0.15) is 0 Å². The van der Waals surface area contributed by atoms with Gasteiger partial charge >= 0.3 is 0 Å². The maximum atomic E-state index is 5.54. The molecule has 1 aromatic heterocycles. The molecule has 0 spiro atoms. The molecule has 0 aliphatic carbocycles. The molecule has 2 aliphatic heterocycles. The third-order valence-electron chi connectivity index (χ3n) is 9.38. The molecule has 0 saturated heterocycles. The molecule has 5 nitrogen and oxygen atoms in total. The van der Waals surface area contributed by atoms with Crippen LogP contribution in [0.2, 0.25) is 0 Å². The minimum atomic E-state index is 0.0920. The Bertz CT molecular complexity index is 2500. The van der Waals surface area contributed by atoms with Gasteiger partial charge < -0.3 is 15.2 Å². The van der Waals surface area contributed by atoms with E-state index in [0.29, 0.717) is 5.84 Å². The highest BCUT2D eigenvalue weighted by Crippen LogP contribution is 2.41. The maximum Gasteiger partial charge on any atom is 0.138 e. The second-order valence-electron chi connectivity index (χ2n) is 12.5. The number of hydrogen-bond donors (Lipinski definition) is 1. The third-order valence-corrected chi connectivity index (χ3v) is 9.38. The Morgan fingerprint density at radius 1 is 0.686 bits per heavy atom. The minimum Gasteiger partial charge on any atom is -0.384 e. The molecule has 3 heterocycles. The number of rotatable bonds is 4. The van der Waals surface area contributed by atoms with Gasteiger partial charge in [0.1, 0.15) is 17.7 Å². The average molecular weight is 660 g/mol. The number of para-hydroxylation sites is 2. The van der Waals surface area contributed by atoms with Crippen molar-refractivity contribution in [2.45, 2.75) is 6.04 Å². The molecule has 2 aliphatic rings. The van der Waals surface area contributed by atoms with Gasteiger partial charge in [0.15, 0.2) is 0 Å². The monoisotopic (exact) mass is 659 g/mol. The van der Waals surface area contributed by atoms with E-state index in [1.807, 2.05) is 36.4 Å². The first-order chi connectivity index (χ1) is 25.1. The summed E-state index contributed by atoms with van der Waals surface area (Å²) in [6.45, 7) is 4.42. The van der Waals surface area contributed by atoms with Crippen LogP contribution in [0.3, 0.4) is 0 Å². The van der Waals surface area contributed by atoms with Crippen LogP contribution in [0.5, 0.6) is 0 Å². The molecule has 51 heavy (non-hydrogen) atoms. The van der Waals surface area contributed by atoms with E-state index in [4.69, 9.17) is 10.7 Å². The third kappa shape index (κ3) is 6.18. The van der Waals surface area contributed by atoms with Gasteiger partial charge in [0.05, 0.1) is 16.7 Å². The van der Waals surface area contributed by atoms with Crippen LogP contribution in [0.1, 0.15) is 22.7 Å². The number of nitrogens with two attached hydrogens (primary N) is 1. The zero-order valence-corrected chi connectivity index (χ0v) is 28.4. The molecule has 0 bridgehead atoms. The van der Waals surface area contributed by atoms with Crippen LogP contribution in [0.25, 0.3) is 44.2 Å². The van der Waals surface area contributed by atoms with Crippen LogP contribution in [0.4, 0.5) is 5.69 Å². The molecule has 9 rings (SSSR count). The Balaban J connectivity index is 0.000000325. The van der Waals surface area contributed by atoms with Gasteiger partial charge in [-0.3, -0.25) is 9.98 Å². The zero-order valence-electron chi connectivity index (χ0n) is 28.4. The van der Waals surface area contributed by atoms with Crippen LogP contribution >= 0.6 is 0 Å². The zero-order chi connectivity index (χ0) is 34.7. The van der Waals surface area contributed by atoms with Gasteiger partial charge in [-0.15, -0.1) is 0 Å². The molecule has 0 fully saturated rings. The second-order valence-corrected chi connectivity index (χ2v) is 12.5. The first-order valence-corrected chi connectivity index (χ1v) is 17.1. The summed E-state index contributed by atoms with van der Waals surface area (Å²) in [4.78, 5) is 10.9. The van der Waals surface area contributed by atoms with Gasteiger partial charge in [0.2, 0.25) is 0 Å². The van der Waals surface area contributed by atoms with Gasteiger partial charge in [-0.05, 0) is 70.8 Å². The number of aliphatic imine (C=N–C) groups is 2. The van der Waals surface area contributed by atoms with E-state index in [1.54, 1.807) is 7.05 Å². The molecule has 7 aromatic rings. The number of aromatic nitrogens is 1. The summed E-state index contributed by atoms with van der Waals surface area (Å²) in [7, 11) is 1.68. The number of benzene rings is 6. The Morgan fingerprint density at radius 3 is 2.10 bits per heavy atom. The fraction of sp³-hybridized carbons (Fsp3) is 0.0435. The second kappa shape index (κ2) is 13.7. The van der Waals surface area contributed by atoms with Crippen molar-refractivity contribution in [1.29, 1.82) is 0 Å². The van der Waals surface area contributed by atoms with Crippen LogP contribution in [0, 0.1) is 0 Å². The highest BCUT2D eigenvalue weighted by Gasteiger charge is 2.35. The van der Waals surface area contributed by atoms with Crippen molar-refractivity contribution in [2.75, 3.05) is 11.9 Å². The summed E-state index contributed by atoms with van der Waals surface area (Å²) in [5.41, 5.74) is 16.9. The standard InChI is InChI=1S/C38H27N3.C8H10N2/c1-26-12-10-11-23-40(38-37(39-38)27-13-4-2-5-14-27)34-21-19-28(24-32(26)34)29-20-22-36-33(25-29)31-17-8-9-18-35(31)41(36)30-15-6-3-7-16-30;1-10-8(9)7-5-3-2-4-6-7/h2-25,37H,1H2;2-6H,1H3,(H2,9,10)/b12-10-,23-11-;. The van der Waals surface area contributed by atoms with Gasteiger partial charge in [-0.1, -0.05) is 128 Å². The quantitative estimate of drug-likeness (QED) is 0.151. The highest BCUT2D eigenvalue weighted by molar-refractivity contribution is 6.14. The first kappa shape index (κ1) is 31.5. The fourth-order valence-electron chi connectivity index (χ4n) is 6.75. The number of allylic oxidation sites excluding steroid dienone is 4. The number of anilines is 1. The van der Waals surface area contributed by atoms with Gasteiger partial charge in [-0.25, -0.2) is 0 Å². The molecule has 0 amide bonds. The van der Waals surface area contributed by atoms with E-state index in [9.17, 15) is 0 Å². The predicted molar refractivity (Wildman–Crippen MR) is 216 cm³/mol. The van der Waals surface area contributed by atoms with Crippen molar-refractivity contribution in [1.82, 2.24) is 4.57 Å². The largest absolute Gasteiger partial charge is 0.384 e. The Hall–Kier alpha value is -6.72. The van der Waals surface area contributed by atoms with Crippen molar-refractivity contribution >= 4 is 44.7 Å². The van der Waals surface area contributed by atoms with Crippen molar-refractivity contribution in [2.24, 2.45) is 15.7 Å². The van der Waals surface area contributed by atoms with Crippen molar-refractivity contribution in [3.05, 3.63) is 199 Å². The molecule has 1 atom stereocenters.